The molecule has 104 valence electrons. The van der Waals surface area contributed by atoms with Crippen molar-refractivity contribution in [1.82, 2.24) is 10.2 Å². The third-order valence-corrected chi connectivity index (χ3v) is 3.50. The van der Waals surface area contributed by atoms with Crippen LogP contribution in [0.4, 0.5) is 0 Å². The van der Waals surface area contributed by atoms with Gasteiger partial charge in [-0.25, -0.2) is 0 Å². The average molecular weight is 262 g/mol. The number of hydrogen-bond acceptors (Lipinski definition) is 3. The summed E-state index contributed by atoms with van der Waals surface area (Å²) in [5.74, 6) is 1.35. The second-order valence-corrected chi connectivity index (χ2v) is 4.94. The van der Waals surface area contributed by atoms with Gasteiger partial charge in [-0.1, -0.05) is 0 Å². The predicted octanol–water partition coefficient (Wildman–Crippen LogP) is 2.14. The lowest BCUT2D eigenvalue weighted by Gasteiger charge is -2.28. The molecule has 1 saturated heterocycles. The number of likely N-dealkylation sites (N-methyl/N-ethyl adjacent to an activating group) is 1. The van der Waals surface area contributed by atoms with Crippen LogP contribution in [0.2, 0.25) is 0 Å². The fourth-order valence-electron chi connectivity index (χ4n) is 2.41. The fourth-order valence-corrected chi connectivity index (χ4v) is 2.41. The van der Waals surface area contributed by atoms with Crippen LogP contribution in [0.1, 0.15) is 25.5 Å². The lowest BCUT2D eigenvalue weighted by Crippen LogP contribution is -2.40. The summed E-state index contributed by atoms with van der Waals surface area (Å²) in [6, 6.07) is 3.65. The molecule has 4 nitrogen and oxygen atoms in total. The second kappa shape index (κ2) is 7.14. The van der Waals surface area contributed by atoms with E-state index in [0.29, 0.717) is 11.7 Å². The zero-order valence-corrected chi connectivity index (χ0v) is 11.5. The molecule has 1 aromatic heterocycles. The van der Waals surface area contributed by atoms with Crippen LogP contribution in [-0.2, 0) is 4.79 Å². The Morgan fingerprint density at radius 3 is 3.16 bits per heavy atom. The van der Waals surface area contributed by atoms with Crippen molar-refractivity contribution in [3.05, 3.63) is 30.2 Å². The van der Waals surface area contributed by atoms with Gasteiger partial charge in [-0.2, -0.15) is 0 Å². The van der Waals surface area contributed by atoms with Crippen LogP contribution in [-0.4, -0.2) is 37.0 Å². The normalized spacial score (nSPS) is 19.7. The number of piperidine rings is 1. The molecule has 1 N–H and O–H groups in total. The SMILES string of the molecule is CCN(CC1CCCNC1)C(=O)/C=C/c1ccco1. The topological polar surface area (TPSA) is 45.5 Å². The Hall–Kier alpha value is -1.55. The summed E-state index contributed by atoms with van der Waals surface area (Å²) in [4.78, 5) is 14.0. The lowest BCUT2D eigenvalue weighted by atomic mass is 9.99. The molecule has 2 rings (SSSR count). The molecule has 1 aromatic rings. The molecule has 0 radical (unpaired) electrons. The summed E-state index contributed by atoms with van der Waals surface area (Å²) in [7, 11) is 0. The molecule has 0 aliphatic carbocycles. The molecule has 1 aliphatic rings. The molecule has 0 aromatic carbocycles. The Kier molecular flexibility index (Phi) is 5.21. The van der Waals surface area contributed by atoms with Crippen LogP contribution in [0.5, 0.6) is 0 Å². The number of amides is 1. The highest BCUT2D eigenvalue weighted by atomic mass is 16.3. The zero-order chi connectivity index (χ0) is 13.5. The maximum Gasteiger partial charge on any atom is 0.246 e. The van der Waals surface area contributed by atoms with Crippen molar-refractivity contribution in [3.63, 3.8) is 0 Å². The second-order valence-electron chi connectivity index (χ2n) is 4.94. The third-order valence-electron chi connectivity index (χ3n) is 3.50. The Morgan fingerprint density at radius 2 is 2.53 bits per heavy atom. The largest absolute Gasteiger partial charge is 0.465 e. The number of nitrogens with one attached hydrogen (secondary N) is 1. The summed E-state index contributed by atoms with van der Waals surface area (Å²) < 4.78 is 5.18. The molecule has 2 heterocycles. The van der Waals surface area contributed by atoms with Gasteiger partial charge < -0.3 is 14.6 Å². The van der Waals surface area contributed by atoms with E-state index in [1.165, 1.54) is 12.8 Å². The average Bonchev–Trinajstić information content (AvgIpc) is 2.96. The quantitative estimate of drug-likeness (QED) is 0.827. The maximum atomic E-state index is 12.1. The van der Waals surface area contributed by atoms with E-state index in [9.17, 15) is 4.79 Å². The van der Waals surface area contributed by atoms with Crippen molar-refractivity contribution in [2.75, 3.05) is 26.2 Å². The van der Waals surface area contributed by atoms with Gasteiger partial charge in [0.15, 0.2) is 0 Å². The number of rotatable bonds is 5. The maximum absolute atomic E-state index is 12.1. The molecule has 4 heteroatoms. The molecule has 1 atom stereocenters. The van der Waals surface area contributed by atoms with Gasteiger partial charge in [0.1, 0.15) is 5.76 Å². The van der Waals surface area contributed by atoms with Crippen molar-refractivity contribution >= 4 is 12.0 Å². The predicted molar refractivity (Wildman–Crippen MR) is 75.6 cm³/mol. The summed E-state index contributed by atoms with van der Waals surface area (Å²) >= 11 is 0. The van der Waals surface area contributed by atoms with E-state index in [-0.39, 0.29) is 5.91 Å². The Morgan fingerprint density at radius 1 is 1.63 bits per heavy atom. The van der Waals surface area contributed by atoms with Gasteiger partial charge in [-0.3, -0.25) is 4.79 Å². The van der Waals surface area contributed by atoms with Crippen LogP contribution in [0.25, 0.3) is 6.08 Å². The highest BCUT2D eigenvalue weighted by Crippen LogP contribution is 2.12. The molecule has 19 heavy (non-hydrogen) atoms. The fraction of sp³-hybridized carbons (Fsp3) is 0.533. The summed E-state index contributed by atoms with van der Waals surface area (Å²) in [5.41, 5.74) is 0. The molecule has 1 amide bonds. The first kappa shape index (κ1) is 13.9. The minimum Gasteiger partial charge on any atom is -0.465 e. The first-order chi connectivity index (χ1) is 9.29. The van der Waals surface area contributed by atoms with Gasteiger partial charge in [0.2, 0.25) is 5.91 Å². The van der Waals surface area contributed by atoms with Gasteiger partial charge in [0, 0.05) is 19.2 Å². The summed E-state index contributed by atoms with van der Waals surface area (Å²) in [6.07, 6.45) is 7.34. The third kappa shape index (κ3) is 4.24. The molecule has 1 unspecified atom stereocenters. The van der Waals surface area contributed by atoms with Crippen molar-refractivity contribution < 1.29 is 9.21 Å². The molecule has 0 bridgehead atoms. The van der Waals surface area contributed by atoms with Crippen LogP contribution in [0.15, 0.2) is 28.9 Å². The molecular formula is C15H22N2O2. The van der Waals surface area contributed by atoms with Crippen molar-refractivity contribution in [2.45, 2.75) is 19.8 Å². The highest BCUT2D eigenvalue weighted by Gasteiger charge is 2.18. The first-order valence-electron chi connectivity index (χ1n) is 7.00. The minimum absolute atomic E-state index is 0.0597. The van der Waals surface area contributed by atoms with Gasteiger partial charge in [0.25, 0.3) is 0 Å². The van der Waals surface area contributed by atoms with Crippen molar-refractivity contribution in [3.8, 4) is 0 Å². The molecular weight excluding hydrogens is 240 g/mol. The van der Waals surface area contributed by atoms with E-state index in [0.717, 1.165) is 26.2 Å². The smallest absolute Gasteiger partial charge is 0.246 e. The standard InChI is InChI=1S/C15H22N2O2/c1-2-17(12-13-5-3-9-16-11-13)15(18)8-7-14-6-4-10-19-14/h4,6-8,10,13,16H,2-3,5,9,11-12H2,1H3/b8-7+. The van der Waals surface area contributed by atoms with Crippen molar-refractivity contribution in [2.24, 2.45) is 5.92 Å². The molecule has 0 spiro atoms. The Bertz CT molecular complexity index is 406. The van der Waals surface area contributed by atoms with E-state index < -0.39 is 0 Å². The van der Waals surface area contributed by atoms with E-state index >= 15 is 0 Å². The van der Waals surface area contributed by atoms with Gasteiger partial charge in [-0.05, 0) is 57.0 Å². The highest BCUT2D eigenvalue weighted by molar-refractivity contribution is 5.91. The van der Waals surface area contributed by atoms with Crippen molar-refractivity contribution in [1.29, 1.82) is 0 Å². The monoisotopic (exact) mass is 262 g/mol. The molecule has 1 fully saturated rings. The minimum atomic E-state index is 0.0597. The van der Waals surface area contributed by atoms with Crippen LogP contribution in [0, 0.1) is 5.92 Å². The van der Waals surface area contributed by atoms with E-state index in [1.54, 1.807) is 18.4 Å². The zero-order valence-electron chi connectivity index (χ0n) is 11.5. The molecule has 0 saturated carbocycles. The number of furan rings is 1. The Labute approximate surface area is 114 Å². The van der Waals surface area contributed by atoms with Gasteiger partial charge in [0.05, 0.1) is 6.26 Å². The first-order valence-corrected chi connectivity index (χ1v) is 7.00. The number of hydrogen-bond donors (Lipinski definition) is 1. The number of carbonyl (C=O) groups excluding carboxylic acids is 1. The van der Waals surface area contributed by atoms with Crippen LogP contribution in [0.3, 0.4) is 0 Å². The van der Waals surface area contributed by atoms with E-state index in [1.807, 2.05) is 24.0 Å². The van der Waals surface area contributed by atoms with Crippen LogP contribution >= 0.6 is 0 Å². The lowest BCUT2D eigenvalue weighted by molar-refractivity contribution is -0.126. The Balaban J connectivity index is 1.87. The van der Waals surface area contributed by atoms with Crippen LogP contribution < -0.4 is 5.32 Å². The van der Waals surface area contributed by atoms with E-state index in [4.69, 9.17) is 4.42 Å². The summed E-state index contributed by atoms with van der Waals surface area (Å²) in [6.45, 7) is 5.73. The summed E-state index contributed by atoms with van der Waals surface area (Å²) in [5, 5.41) is 3.39. The number of nitrogens with zero attached hydrogens (tertiary/aromatic N) is 1. The van der Waals surface area contributed by atoms with Gasteiger partial charge in [-0.15, -0.1) is 0 Å². The van der Waals surface area contributed by atoms with Gasteiger partial charge >= 0.3 is 0 Å². The van der Waals surface area contributed by atoms with E-state index in [2.05, 4.69) is 5.32 Å². The molecule has 1 aliphatic heterocycles. The number of carbonyl (C=O) groups is 1.